The molecule has 10 nitrogen and oxygen atoms in total. The number of aromatic nitrogens is 7. The highest BCUT2D eigenvalue weighted by Gasteiger charge is 2.35. The van der Waals surface area contributed by atoms with E-state index in [4.69, 9.17) is 0 Å². The Kier molecular flexibility index (Phi) is 5.57. The Bertz CT molecular complexity index is 1030. The number of rotatable bonds is 6. The molecule has 4 heterocycles. The molecule has 3 aromatic rings. The Morgan fingerprint density at radius 1 is 1.10 bits per heavy atom. The average Bonchev–Trinajstić information content (AvgIpc) is 3.12. The normalized spacial score (nSPS) is 16.7. The lowest BCUT2D eigenvalue weighted by molar-refractivity contribution is -0.0222. The van der Waals surface area contributed by atoms with E-state index >= 15 is 0 Å². The molecular weight excluding hydrogens is 413 g/mol. The Morgan fingerprint density at radius 3 is 2.42 bits per heavy atom. The van der Waals surface area contributed by atoms with Gasteiger partial charge < -0.3 is 15.5 Å². The largest absolute Gasteiger partial charge is 0.344 e. The maximum atomic E-state index is 13.6. The van der Waals surface area contributed by atoms with Crippen LogP contribution >= 0.6 is 0 Å². The molecule has 0 radical (unpaired) electrons. The molecule has 0 amide bonds. The molecule has 0 aliphatic carbocycles. The van der Waals surface area contributed by atoms with Crippen LogP contribution in [0.3, 0.4) is 0 Å². The van der Waals surface area contributed by atoms with Crippen LogP contribution in [0.2, 0.25) is 0 Å². The zero-order valence-electron chi connectivity index (χ0n) is 16.9. The van der Waals surface area contributed by atoms with Crippen molar-refractivity contribution in [3.05, 3.63) is 35.8 Å². The number of hydrogen-bond donors (Lipinski definition) is 3. The minimum atomic E-state index is -2.69. The molecule has 0 saturated carbocycles. The second-order valence-corrected chi connectivity index (χ2v) is 7.31. The number of halogens is 3. The van der Waals surface area contributed by atoms with Crippen LogP contribution < -0.4 is 15.5 Å². The summed E-state index contributed by atoms with van der Waals surface area (Å²) in [6, 6.07) is 1.33. The predicted octanol–water partition coefficient (Wildman–Crippen LogP) is 2.98. The van der Waals surface area contributed by atoms with E-state index in [1.807, 2.05) is 6.92 Å². The molecule has 1 atom stereocenters. The van der Waals surface area contributed by atoms with Crippen molar-refractivity contribution in [1.82, 2.24) is 35.1 Å². The third kappa shape index (κ3) is 5.16. The highest BCUT2D eigenvalue weighted by Crippen LogP contribution is 2.30. The fraction of sp³-hybridized carbons (Fsp3) is 0.444. The third-order valence-corrected chi connectivity index (χ3v) is 4.72. The van der Waals surface area contributed by atoms with Gasteiger partial charge in [-0.15, -0.1) is 0 Å². The van der Waals surface area contributed by atoms with Gasteiger partial charge in [-0.3, -0.25) is 5.10 Å². The van der Waals surface area contributed by atoms with Gasteiger partial charge >= 0.3 is 0 Å². The fourth-order valence-corrected chi connectivity index (χ4v) is 3.06. The van der Waals surface area contributed by atoms with Gasteiger partial charge in [0.25, 0.3) is 5.92 Å². The first-order chi connectivity index (χ1) is 14.8. The summed E-state index contributed by atoms with van der Waals surface area (Å²) in [5.74, 6) is -1.73. The van der Waals surface area contributed by atoms with E-state index in [9.17, 15) is 13.2 Å². The van der Waals surface area contributed by atoms with E-state index in [1.54, 1.807) is 17.9 Å². The number of H-pyrrole nitrogens is 1. The SMILES string of the molecule is Cc1cc(Nc2nc(N[C@@H](C)c3ncc(F)cn3)nc(N3CCC(F)(F)CC3)n2)n[nH]1. The van der Waals surface area contributed by atoms with Crippen molar-refractivity contribution in [2.75, 3.05) is 28.6 Å². The van der Waals surface area contributed by atoms with E-state index in [1.165, 1.54) is 0 Å². The van der Waals surface area contributed by atoms with Crippen molar-refractivity contribution in [2.45, 2.75) is 38.7 Å². The lowest BCUT2D eigenvalue weighted by atomic mass is 10.1. The molecule has 3 N–H and O–H groups in total. The summed E-state index contributed by atoms with van der Waals surface area (Å²) < 4.78 is 40.2. The predicted molar refractivity (Wildman–Crippen MR) is 107 cm³/mol. The van der Waals surface area contributed by atoms with Crippen molar-refractivity contribution in [3.63, 3.8) is 0 Å². The van der Waals surface area contributed by atoms with Crippen LogP contribution in [0.15, 0.2) is 18.5 Å². The van der Waals surface area contributed by atoms with Gasteiger partial charge in [0.1, 0.15) is 5.82 Å². The zero-order valence-corrected chi connectivity index (χ0v) is 16.9. The number of aromatic amines is 1. The van der Waals surface area contributed by atoms with Crippen LogP contribution in [-0.2, 0) is 0 Å². The first-order valence-corrected chi connectivity index (χ1v) is 9.69. The second kappa shape index (κ2) is 8.32. The molecular formula is C18H21F3N10. The van der Waals surface area contributed by atoms with E-state index in [0.717, 1.165) is 18.1 Å². The molecule has 1 fully saturated rings. The number of hydrogen-bond acceptors (Lipinski definition) is 9. The minimum absolute atomic E-state index is 0.119. The molecule has 3 aromatic heterocycles. The Labute approximate surface area is 175 Å². The Morgan fingerprint density at radius 2 is 1.77 bits per heavy atom. The molecule has 0 unspecified atom stereocenters. The summed E-state index contributed by atoms with van der Waals surface area (Å²) in [6.07, 6.45) is 1.59. The molecule has 1 aliphatic rings. The Hall–Kier alpha value is -3.51. The maximum Gasteiger partial charge on any atom is 0.251 e. The molecule has 0 aromatic carbocycles. The summed E-state index contributed by atoms with van der Waals surface area (Å²) in [6.45, 7) is 3.85. The second-order valence-electron chi connectivity index (χ2n) is 7.31. The van der Waals surface area contributed by atoms with Crippen molar-refractivity contribution >= 4 is 23.7 Å². The lowest BCUT2D eigenvalue weighted by Crippen LogP contribution is -2.40. The van der Waals surface area contributed by atoms with Crippen molar-refractivity contribution in [3.8, 4) is 0 Å². The van der Waals surface area contributed by atoms with Crippen molar-refractivity contribution in [1.29, 1.82) is 0 Å². The smallest absolute Gasteiger partial charge is 0.251 e. The highest BCUT2D eigenvalue weighted by atomic mass is 19.3. The topological polar surface area (TPSA) is 120 Å². The molecule has 164 valence electrons. The van der Waals surface area contributed by atoms with Gasteiger partial charge in [-0.05, 0) is 13.8 Å². The van der Waals surface area contributed by atoms with E-state index < -0.39 is 17.8 Å². The molecule has 0 bridgehead atoms. The minimum Gasteiger partial charge on any atom is -0.344 e. The van der Waals surface area contributed by atoms with Crippen LogP contribution in [0.1, 0.15) is 37.3 Å². The van der Waals surface area contributed by atoms with Crippen molar-refractivity contribution in [2.24, 2.45) is 0 Å². The van der Waals surface area contributed by atoms with Gasteiger partial charge in [0, 0.05) is 37.7 Å². The summed E-state index contributed by atoms with van der Waals surface area (Å²) >= 11 is 0. The van der Waals surface area contributed by atoms with Gasteiger partial charge in [-0.25, -0.2) is 23.1 Å². The van der Waals surface area contributed by atoms with Gasteiger partial charge in [-0.2, -0.15) is 20.1 Å². The zero-order chi connectivity index (χ0) is 22.0. The van der Waals surface area contributed by atoms with Gasteiger partial charge in [0.05, 0.1) is 18.4 Å². The van der Waals surface area contributed by atoms with Crippen molar-refractivity contribution < 1.29 is 13.2 Å². The molecule has 4 rings (SSSR count). The van der Waals surface area contributed by atoms with E-state index in [-0.39, 0.29) is 43.8 Å². The first kappa shape index (κ1) is 20.8. The molecule has 31 heavy (non-hydrogen) atoms. The monoisotopic (exact) mass is 434 g/mol. The average molecular weight is 434 g/mol. The van der Waals surface area contributed by atoms with Gasteiger partial charge in [-0.1, -0.05) is 0 Å². The quantitative estimate of drug-likeness (QED) is 0.538. The van der Waals surface area contributed by atoms with Crippen LogP contribution in [0.25, 0.3) is 0 Å². The standard InChI is InChI=1S/C18H21F3N10/c1-10-7-13(30-29-10)25-16-26-15(24-11(2)14-22-8-12(19)9-23-14)27-17(28-16)31-5-3-18(20,21)4-6-31/h7-9,11H,3-6H2,1-2H3,(H3,24,25,26,27,28,29,30)/t11-/m0/s1. The lowest BCUT2D eigenvalue weighted by Gasteiger charge is -2.31. The number of aryl methyl sites for hydroxylation is 1. The molecule has 1 aliphatic heterocycles. The summed E-state index contributed by atoms with van der Waals surface area (Å²) in [7, 11) is 0. The van der Waals surface area contributed by atoms with E-state index in [0.29, 0.717) is 11.6 Å². The molecule has 1 saturated heterocycles. The molecule has 0 spiro atoms. The Balaban J connectivity index is 1.59. The van der Waals surface area contributed by atoms with Crippen LogP contribution in [0.4, 0.5) is 36.8 Å². The molecule has 13 heteroatoms. The van der Waals surface area contributed by atoms with E-state index in [2.05, 4.69) is 45.8 Å². The summed E-state index contributed by atoms with van der Waals surface area (Å²) in [4.78, 5) is 22.7. The number of nitrogens with one attached hydrogen (secondary N) is 3. The first-order valence-electron chi connectivity index (χ1n) is 9.69. The number of anilines is 4. The van der Waals surface area contributed by atoms with Crippen LogP contribution in [0, 0.1) is 12.7 Å². The van der Waals surface area contributed by atoms with Gasteiger partial charge in [0.2, 0.25) is 17.8 Å². The number of nitrogens with zero attached hydrogens (tertiary/aromatic N) is 7. The fourth-order valence-electron chi connectivity index (χ4n) is 3.06. The van der Waals surface area contributed by atoms with Crippen LogP contribution in [0.5, 0.6) is 0 Å². The van der Waals surface area contributed by atoms with Gasteiger partial charge in [0.15, 0.2) is 11.6 Å². The summed E-state index contributed by atoms with van der Waals surface area (Å²) in [5.41, 5.74) is 0.843. The number of alkyl halides is 2. The third-order valence-electron chi connectivity index (χ3n) is 4.72. The summed E-state index contributed by atoms with van der Waals surface area (Å²) in [5, 5.41) is 12.9. The van der Waals surface area contributed by atoms with Crippen LogP contribution in [-0.4, -0.2) is 54.1 Å². The number of piperidine rings is 1. The maximum absolute atomic E-state index is 13.6. The highest BCUT2D eigenvalue weighted by molar-refractivity contribution is 5.52.